The Kier molecular flexibility index (Phi) is 8.14. The molecule has 2 amide bonds. The summed E-state index contributed by atoms with van der Waals surface area (Å²) in [6, 6.07) is 5.64. The first-order valence-electron chi connectivity index (χ1n) is 9.87. The number of esters is 1. The Bertz CT molecular complexity index is 764. The smallest absolute Gasteiger partial charge is 0.414 e. The second-order valence-electron chi connectivity index (χ2n) is 8.18. The second kappa shape index (κ2) is 10.2. The molecule has 1 fully saturated rings. The van der Waals surface area contributed by atoms with Gasteiger partial charge in [0, 0.05) is 26.3 Å². The maximum absolute atomic E-state index is 12.7. The fourth-order valence-corrected chi connectivity index (χ4v) is 3.88. The molecule has 0 bridgehead atoms. The van der Waals surface area contributed by atoms with E-state index < -0.39 is 18.1 Å². The molecule has 1 aliphatic heterocycles. The number of carbonyl (C=O) groups excluding carboxylic acids is 3. The number of hydrogen-bond donors (Lipinski definition) is 2. The predicted octanol–water partition coefficient (Wildman–Crippen LogP) is 2.17. The summed E-state index contributed by atoms with van der Waals surface area (Å²) in [6.45, 7) is 7.56. The first-order valence-corrected chi connectivity index (χ1v) is 10.9. The largest absolute Gasteiger partial charge is 0.461 e. The van der Waals surface area contributed by atoms with Crippen molar-refractivity contribution in [1.82, 2.24) is 15.5 Å². The van der Waals surface area contributed by atoms with Gasteiger partial charge in [0.1, 0.15) is 11.8 Å². The van der Waals surface area contributed by atoms with E-state index in [-0.39, 0.29) is 29.3 Å². The van der Waals surface area contributed by atoms with Crippen LogP contribution in [-0.4, -0.2) is 65.8 Å². The summed E-state index contributed by atoms with van der Waals surface area (Å²) in [5, 5.41) is 6.09. The molecule has 1 aliphatic rings. The highest BCUT2D eigenvalue weighted by Gasteiger charge is 2.36. The van der Waals surface area contributed by atoms with E-state index in [4.69, 9.17) is 9.47 Å². The Morgan fingerprint density at radius 1 is 1.23 bits per heavy atom. The monoisotopic (exact) mass is 437 g/mol. The van der Waals surface area contributed by atoms with Crippen molar-refractivity contribution in [3.8, 4) is 5.75 Å². The molecule has 0 radical (unpaired) electrons. The number of nitrogens with one attached hydrogen (secondary N) is 2. The fourth-order valence-electron chi connectivity index (χ4n) is 2.84. The van der Waals surface area contributed by atoms with Gasteiger partial charge in [-0.2, -0.15) is 0 Å². The van der Waals surface area contributed by atoms with E-state index in [1.165, 1.54) is 4.90 Å². The van der Waals surface area contributed by atoms with E-state index in [9.17, 15) is 14.4 Å². The van der Waals surface area contributed by atoms with Crippen LogP contribution >= 0.6 is 11.8 Å². The predicted molar refractivity (Wildman–Crippen MR) is 116 cm³/mol. The Labute approximate surface area is 182 Å². The highest BCUT2D eigenvalue weighted by Crippen LogP contribution is 2.29. The SMILES string of the molecule is CC(C)OC(=O)[C@H](Cc1ccc(OC(=O)N(C)C)cc1)NC(=O)[C@@H]1CSC(C)(C)N1. The number of thioether (sulfide) groups is 1. The van der Waals surface area contributed by atoms with E-state index in [0.717, 1.165) is 5.56 Å². The maximum Gasteiger partial charge on any atom is 0.414 e. The minimum absolute atomic E-state index is 0.185. The van der Waals surface area contributed by atoms with Crippen molar-refractivity contribution in [2.24, 2.45) is 0 Å². The van der Waals surface area contributed by atoms with Crippen LogP contribution in [0.25, 0.3) is 0 Å². The van der Waals surface area contributed by atoms with Crippen LogP contribution in [0, 0.1) is 0 Å². The summed E-state index contributed by atoms with van der Waals surface area (Å²) in [4.78, 5) is 38.1. The normalized spacial score (nSPS) is 18.6. The molecule has 0 saturated carbocycles. The van der Waals surface area contributed by atoms with E-state index in [1.807, 2.05) is 13.8 Å². The van der Waals surface area contributed by atoms with Gasteiger partial charge in [-0.1, -0.05) is 12.1 Å². The van der Waals surface area contributed by atoms with E-state index in [0.29, 0.717) is 11.5 Å². The molecule has 2 N–H and O–H groups in total. The Morgan fingerprint density at radius 3 is 2.37 bits per heavy atom. The average Bonchev–Trinajstić information content (AvgIpc) is 3.02. The van der Waals surface area contributed by atoms with Gasteiger partial charge in [0.15, 0.2) is 0 Å². The molecule has 0 unspecified atom stereocenters. The molecule has 9 heteroatoms. The zero-order valence-corrected chi connectivity index (χ0v) is 19.2. The summed E-state index contributed by atoms with van der Waals surface area (Å²) in [5.74, 6) is 0.329. The summed E-state index contributed by atoms with van der Waals surface area (Å²) in [5.41, 5.74) is 0.805. The number of amides is 2. The molecule has 8 nitrogen and oxygen atoms in total. The topological polar surface area (TPSA) is 97.0 Å². The highest BCUT2D eigenvalue weighted by molar-refractivity contribution is 8.00. The number of hydrogen-bond acceptors (Lipinski definition) is 7. The molecule has 0 aliphatic carbocycles. The first kappa shape index (κ1) is 24.0. The zero-order chi connectivity index (χ0) is 22.5. The lowest BCUT2D eigenvalue weighted by Crippen LogP contribution is -2.52. The van der Waals surface area contributed by atoms with Gasteiger partial charge in [-0.3, -0.25) is 10.1 Å². The van der Waals surface area contributed by atoms with Gasteiger partial charge in [-0.25, -0.2) is 9.59 Å². The third-order valence-corrected chi connectivity index (χ3v) is 5.68. The molecule has 1 aromatic rings. The Hall–Kier alpha value is -2.26. The number of nitrogens with zero attached hydrogens (tertiary/aromatic N) is 1. The number of benzene rings is 1. The van der Waals surface area contributed by atoms with Crippen molar-refractivity contribution in [3.05, 3.63) is 29.8 Å². The third kappa shape index (κ3) is 7.21. The minimum atomic E-state index is -0.814. The van der Waals surface area contributed by atoms with Crippen molar-refractivity contribution in [2.75, 3.05) is 19.8 Å². The molecule has 2 atom stereocenters. The van der Waals surface area contributed by atoms with E-state index in [2.05, 4.69) is 10.6 Å². The Morgan fingerprint density at radius 2 is 1.87 bits per heavy atom. The number of rotatable bonds is 7. The van der Waals surface area contributed by atoms with Crippen molar-refractivity contribution in [3.63, 3.8) is 0 Å². The van der Waals surface area contributed by atoms with E-state index >= 15 is 0 Å². The summed E-state index contributed by atoms with van der Waals surface area (Å²) < 4.78 is 10.5. The second-order valence-corrected chi connectivity index (χ2v) is 9.82. The quantitative estimate of drug-likeness (QED) is 0.631. The molecule has 0 spiro atoms. The van der Waals surface area contributed by atoms with Crippen molar-refractivity contribution < 1.29 is 23.9 Å². The van der Waals surface area contributed by atoms with Crippen LogP contribution in [0.2, 0.25) is 0 Å². The molecule has 0 aromatic heterocycles. The van der Waals surface area contributed by atoms with Gasteiger partial charge in [0.2, 0.25) is 5.91 Å². The van der Waals surface area contributed by atoms with Crippen LogP contribution in [0.5, 0.6) is 5.75 Å². The summed E-state index contributed by atoms with van der Waals surface area (Å²) in [6.07, 6.45) is -0.496. The van der Waals surface area contributed by atoms with Gasteiger partial charge in [-0.15, -0.1) is 11.8 Å². The molecule has 2 rings (SSSR count). The van der Waals surface area contributed by atoms with Crippen LogP contribution < -0.4 is 15.4 Å². The van der Waals surface area contributed by atoms with Gasteiger partial charge >= 0.3 is 12.1 Å². The summed E-state index contributed by atoms with van der Waals surface area (Å²) >= 11 is 1.66. The third-order valence-electron chi connectivity index (χ3n) is 4.34. The van der Waals surface area contributed by atoms with Gasteiger partial charge in [-0.05, 0) is 45.4 Å². The number of carbonyl (C=O) groups is 3. The van der Waals surface area contributed by atoms with E-state index in [1.54, 1.807) is 64.0 Å². The molecule has 1 saturated heterocycles. The number of ether oxygens (including phenoxy) is 2. The zero-order valence-electron chi connectivity index (χ0n) is 18.4. The fraction of sp³-hybridized carbons (Fsp3) is 0.571. The van der Waals surface area contributed by atoms with Crippen LogP contribution in [-0.2, 0) is 20.7 Å². The molecular weight excluding hydrogens is 406 g/mol. The standard InChI is InChI=1S/C21H31N3O5S/c1-13(2)28-19(26)16(22-18(25)17-12-30-21(3,4)23-17)11-14-7-9-15(10-8-14)29-20(27)24(5)6/h7-10,13,16-17,23H,11-12H2,1-6H3,(H,22,25)/t16-,17-/m0/s1. The van der Waals surface area contributed by atoms with Gasteiger partial charge in [0.25, 0.3) is 0 Å². The van der Waals surface area contributed by atoms with Crippen molar-refractivity contribution in [1.29, 1.82) is 0 Å². The lowest BCUT2D eigenvalue weighted by molar-refractivity contribution is -0.151. The van der Waals surface area contributed by atoms with Crippen LogP contribution in [0.4, 0.5) is 4.79 Å². The minimum Gasteiger partial charge on any atom is -0.461 e. The first-order chi connectivity index (χ1) is 14.0. The van der Waals surface area contributed by atoms with Gasteiger partial charge < -0.3 is 19.7 Å². The van der Waals surface area contributed by atoms with Crippen molar-refractivity contribution >= 4 is 29.7 Å². The molecule has 1 aromatic carbocycles. The van der Waals surface area contributed by atoms with Crippen LogP contribution in [0.3, 0.4) is 0 Å². The van der Waals surface area contributed by atoms with Crippen LogP contribution in [0.1, 0.15) is 33.3 Å². The molecule has 1 heterocycles. The summed E-state index contributed by atoms with van der Waals surface area (Å²) in [7, 11) is 3.20. The average molecular weight is 438 g/mol. The lowest BCUT2D eigenvalue weighted by Gasteiger charge is -2.22. The molecular formula is C21H31N3O5S. The maximum atomic E-state index is 12.7. The molecule has 30 heavy (non-hydrogen) atoms. The lowest BCUT2D eigenvalue weighted by atomic mass is 10.1. The van der Waals surface area contributed by atoms with Crippen molar-refractivity contribution in [2.45, 2.75) is 57.2 Å². The highest BCUT2D eigenvalue weighted by atomic mass is 32.2. The Balaban J connectivity index is 2.07. The molecule has 166 valence electrons. The van der Waals surface area contributed by atoms with Crippen LogP contribution in [0.15, 0.2) is 24.3 Å². The van der Waals surface area contributed by atoms with Gasteiger partial charge in [0.05, 0.1) is 17.0 Å².